The third-order valence-electron chi connectivity index (χ3n) is 5.70. The average molecular weight is 449 g/mol. The molecule has 32 heavy (non-hydrogen) atoms. The first-order chi connectivity index (χ1) is 15.3. The molecule has 10 heteroatoms. The number of hydrogen-bond acceptors (Lipinski definition) is 6. The number of nitrogens with zero attached hydrogens (tertiary/aromatic N) is 5. The zero-order valence-corrected chi connectivity index (χ0v) is 17.9. The van der Waals surface area contributed by atoms with E-state index in [-0.39, 0.29) is 5.56 Å². The van der Waals surface area contributed by atoms with E-state index in [1.54, 1.807) is 0 Å². The molecule has 2 aromatic rings. The molecule has 0 spiro atoms. The molecule has 172 valence electrons. The van der Waals surface area contributed by atoms with Gasteiger partial charge in [0.15, 0.2) is 0 Å². The maximum Gasteiger partial charge on any atom is 0.573 e. The van der Waals surface area contributed by atoms with Crippen LogP contribution in [0.3, 0.4) is 0 Å². The molecule has 2 aliphatic rings. The SMILES string of the molecule is Cc1cc(N2CCCCC2)nc(N2CCN(C(=O)c3ccccc3OC(F)(F)F)CC2)n1. The summed E-state index contributed by atoms with van der Waals surface area (Å²) in [7, 11) is 0. The van der Waals surface area contributed by atoms with Crippen LogP contribution in [0.15, 0.2) is 30.3 Å². The molecule has 2 aliphatic heterocycles. The van der Waals surface area contributed by atoms with Crippen LogP contribution in [0, 0.1) is 6.92 Å². The van der Waals surface area contributed by atoms with Crippen molar-refractivity contribution < 1.29 is 22.7 Å². The molecular formula is C22H26F3N5O2. The minimum Gasteiger partial charge on any atom is -0.405 e. The number of ether oxygens (including phenoxy) is 1. The number of halogens is 3. The smallest absolute Gasteiger partial charge is 0.405 e. The maximum atomic E-state index is 12.9. The van der Waals surface area contributed by atoms with Crippen molar-refractivity contribution in [2.24, 2.45) is 0 Å². The Morgan fingerprint density at radius 2 is 1.62 bits per heavy atom. The molecule has 3 heterocycles. The highest BCUT2D eigenvalue weighted by Crippen LogP contribution is 2.28. The summed E-state index contributed by atoms with van der Waals surface area (Å²) >= 11 is 0. The van der Waals surface area contributed by atoms with Crippen LogP contribution in [0.25, 0.3) is 0 Å². The third-order valence-corrected chi connectivity index (χ3v) is 5.70. The van der Waals surface area contributed by atoms with Crippen LogP contribution in [-0.4, -0.2) is 66.4 Å². The van der Waals surface area contributed by atoms with Gasteiger partial charge in [-0.25, -0.2) is 4.98 Å². The van der Waals surface area contributed by atoms with E-state index >= 15 is 0 Å². The molecule has 4 rings (SSSR count). The number of aromatic nitrogens is 2. The van der Waals surface area contributed by atoms with Crippen LogP contribution in [0.1, 0.15) is 35.3 Å². The van der Waals surface area contributed by atoms with Gasteiger partial charge in [0, 0.05) is 51.0 Å². The summed E-state index contributed by atoms with van der Waals surface area (Å²) in [6, 6.07) is 7.43. The number of para-hydroxylation sites is 1. The van der Waals surface area contributed by atoms with Crippen LogP contribution in [0.4, 0.5) is 24.9 Å². The topological polar surface area (TPSA) is 61.8 Å². The molecule has 0 aliphatic carbocycles. The number of piperazine rings is 1. The van der Waals surface area contributed by atoms with Crippen molar-refractivity contribution in [3.8, 4) is 5.75 Å². The first-order valence-corrected chi connectivity index (χ1v) is 10.8. The fourth-order valence-electron chi connectivity index (χ4n) is 4.10. The molecule has 2 saturated heterocycles. The molecular weight excluding hydrogens is 423 g/mol. The fraction of sp³-hybridized carbons (Fsp3) is 0.500. The first kappa shape index (κ1) is 22.2. The third kappa shape index (κ3) is 5.23. The molecule has 0 saturated carbocycles. The molecule has 0 radical (unpaired) electrons. The minimum absolute atomic E-state index is 0.0996. The highest BCUT2D eigenvalue weighted by atomic mass is 19.4. The van der Waals surface area contributed by atoms with Crippen LogP contribution >= 0.6 is 0 Å². The molecule has 1 amide bonds. The standard InChI is InChI=1S/C22H26F3N5O2/c1-16-15-19(28-9-5-2-6-10-28)27-21(26-16)30-13-11-29(12-14-30)20(31)17-7-3-4-8-18(17)32-22(23,24)25/h3-4,7-8,15H,2,5-6,9-14H2,1H3. The Morgan fingerprint density at radius 3 is 2.31 bits per heavy atom. The minimum atomic E-state index is -4.86. The van der Waals surface area contributed by atoms with Crippen molar-refractivity contribution in [2.75, 3.05) is 49.1 Å². The lowest BCUT2D eigenvalue weighted by Gasteiger charge is -2.35. The van der Waals surface area contributed by atoms with Gasteiger partial charge in [-0.15, -0.1) is 13.2 Å². The fourth-order valence-corrected chi connectivity index (χ4v) is 4.10. The molecule has 2 fully saturated rings. The van der Waals surface area contributed by atoms with Crippen molar-refractivity contribution in [2.45, 2.75) is 32.5 Å². The van der Waals surface area contributed by atoms with Crippen molar-refractivity contribution in [3.63, 3.8) is 0 Å². The number of carbonyl (C=O) groups excluding carboxylic acids is 1. The summed E-state index contributed by atoms with van der Waals surface area (Å²) in [5, 5.41) is 0. The first-order valence-electron chi connectivity index (χ1n) is 10.8. The Bertz CT molecular complexity index is 955. The summed E-state index contributed by atoms with van der Waals surface area (Å²) in [5.74, 6) is 0.576. The van der Waals surface area contributed by atoms with Crippen LogP contribution < -0.4 is 14.5 Å². The van der Waals surface area contributed by atoms with E-state index in [0.29, 0.717) is 32.1 Å². The number of piperidine rings is 1. The second-order valence-electron chi connectivity index (χ2n) is 8.04. The van der Waals surface area contributed by atoms with Gasteiger partial charge in [0.2, 0.25) is 5.95 Å². The average Bonchev–Trinajstić information content (AvgIpc) is 2.78. The number of alkyl halides is 3. The summed E-state index contributed by atoms with van der Waals surface area (Å²) in [6.07, 6.45) is -1.32. The van der Waals surface area contributed by atoms with Crippen molar-refractivity contribution in [1.82, 2.24) is 14.9 Å². The second-order valence-corrected chi connectivity index (χ2v) is 8.04. The maximum absolute atomic E-state index is 12.9. The van der Waals surface area contributed by atoms with Gasteiger partial charge < -0.3 is 19.4 Å². The van der Waals surface area contributed by atoms with Gasteiger partial charge in [0.05, 0.1) is 5.56 Å². The molecule has 0 N–H and O–H groups in total. The summed E-state index contributed by atoms with van der Waals surface area (Å²) in [5.41, 5.74) is 0.782. The van der Waals surface area contributed by atoms with E-state index < -0.39 is 18.0 Å². The van der Waals surface area contributed by atoms with Gasteiger partial charge in [-0.2, -0.15) is 4.98 Å². The van der Waals surface area contributed by atoms with Crippen LogP contribution in [0.5, 0.6) is 5.75 Å². The highest BCUT2D eigenvalue weighted by Gasteiger charge is 2.34. The Labute approximate surface area is 184 Å². The van der Waals surface area contributed by atoms with Gasteiger partial charge in [-0.05, 0) is 38.3 Å². The monoisotopic (exact) mass is 449 g/mol. The lowest BCUT2D eigenvalue weighted by atomic mass is 10.1. The van der Waals surface area contributed by atoms with Gasteiger partial charge in [-0.3, -0.25) is 4.79 Å². The molecule has 0 atom stereocenters. The predicted molar refractivity (Wildman–Crippen MR) is 114 cm³/mol. The Hall–Kier alpha value is -3.04. The number of hydrogen-bond donors (Lipinski definition) is 0. The van der Waals surface area contributed by atoms with Gasteiger partial charge in [0.25, 0.3) is 5.91 Å². The van der Waals surface area contributed by atoms with Crippen LogP contribution in [-0.2, 0) is 0 Å². The Balaban J connectivity index is 1.44. The van der Waals surface area contributed by atoms with E-state index in [1.807, 2.05) is 17.9 Å². The second kappa shape index (κ2) is 9.22. The molecule has 0 bridgehead atoms. The number of carbonyl (C=O) groups is 1. The quantitative estimate of drug-likeness (QED) is 0.711. The number of amides is 1. The van der Waals surface area contributed by atoms with Gasteiger partial charge >= 0.3 is 6.36 Å². The summed E-state index contributed by atoms with van der Waals surface area (Å²) in [4.78, 5) is 28.0. The Kier molecular flexibility index (Phi) is 6.38. The number of benzene rings is 1. The summed E-state index contributed by atoms with van der Waals surface area (Å²) < 4.78 is 42.1. The largest absolute Gasteiger partial charge is 0.573 e. The van der Waals surface area contributed by atoms with Crippen molar-refractivity contribution >= 4 is 17.7 Å². The number of anilines is 2. The van der Waals surface area contributed by atoms with E-state index in [0.717, 1.165) is 43.5 Å². The lowest BCUT2D eigenvalue weighted by Crippen LogP contribution is -2.49. The number of aryl methyl sites for hydroxylation is 1. The van der Waals surface area contributed by atoms with E-state index in [9.17, 15) is 18.0 Å². The molecule has 1 aromatic carbocycles. The van der Waals surface area contributed by atoms with E-state index in [2.05, 4.69) is 14.6 Å². The van der Waals surface area contributed by atoms with Crippen molar-refractivity contribution in [3.05, 3.63) is 41.6 Å². The highest BCUT2D eigenvalue weighted by molar-refractivity contribution is 5.97. The zero-order chi connectivity index (χ0) is 22.7. The van der Waals surface area contributed by atoms with E-state index in [1.165, 1.54) is 29.5 Å². The summed E-state index contributed by atoms with van der Waals surface area (Å²) in [6.45, 7) is 5.62. The Morgan fingerprint density at radius 1 is 0.938 bits per heavy atom. The van der Waals surface area contributed by atoms with E-state index in [4.69, 9.17) is 4.98 Å². The van der Waals surface area contributed by atoms with Crippen molar-refractivity contribution in [1.29, 1.82) is 0 Å². The lowest BCUT2D eigenvalue weighted by molar-refractivity contribution is -0.274. The molecule has 1 aromatic heterocycles. The number of rotatable bonds is 4. The normalized spacial score (nSPS) is 17.4. The molecule has 7 nitrogen and oxygen atoms in total. The predicted octanol–water partition coefficient (Wildman–Crippen LogP) is 3.64. The van der Waals surface area contributed by atoms with Gasteiger partial charge in [-0.1, -0.05) is 12.1 Å². The zero-order valence-electron chi connectivity index (χ0n) is 17.9. The molecule has 0 unspecified atom stereocenters. The van der Waals surface area contributed by atoms with Crippen LogP contribution in [0.2, 0.25) is 0 Å². The van der Waals surface area contributed by atoms with Gasteiger partial charge in [0.1, 0.15) is 11.6 Å².